The Kier molecular flexibility index (Phi) is 2.28. The number of allylic oxidation sites excluding steroid dienone is 2. The first-order valence-electron chi connectivity index (χ1n) is 6.88. The predicted octanol–water partition coefficient (Wildman–Crippen LogP) is 1.17. The average molecular weight is 269 g/mol. The lowest BCUT2D eigenvalue weighted by Crippen LogP contribution is -2.28. The van der Waals surface area contributed by atoms with Crippen LogP contribution in [0.5, 0.6) is 0 Å². The van der Waals surface area contributed by atoms with E-state index in [2.05, 4.69) is 17.3 Å². The van der Waals surface area contributed by atoms with E-state index in [0.717, 1.165) is 17.1 Å². The number of hydrazone groups is 1. The number of hydrogen-bond donors (Lipinski definition) is 0. The minimum absolute atomic E-state index is 0.137. The van der Waals surface area contributed by atoms with Gasteiger partial charge in [-0.25, -0.2) is 0 Å². The van der Waals surface area contributed by atoms with Gasteiger partial charge in [-0.05, 0) is 30.4 Å². The van der Waals surface area contributed by atoms with E-state index in [-0.39, 0.29) is 35.5 Å². The molecule has 2 fully saturated rings. The highest BCUT2D eigenvalue weighted by Crippen LogP contribution is 2.52. The Balaban J connectivity index is 1.62. The van der Waals surface area contributed by atoms with Gasteiger partial charge in [-0.15, -0.1) is 0 Å². The molecule has 20 heavy (non-hydrogen) atoms. The van der Waals surface area contributed by atoms with Gasteiger partial charge in [-0.2, -0.15) is 10.1 Å². The maximum absolute atomic E-state index is 12.4. The van der Waals surface area contributed by atoms with Gasteiger partial charge in [-0.3, -0.25) is 9.59 Å². The third-order valence-corrected chi connectivity index (χ3v) is 4.74. The van der Waals surface area contributed by atoms with Crippen LogP contribution in [-0.4, -0.2) is 27.6 Å². The molecule has 0 unspecified atom stereocenters. The van der Waals surface area contributed by atoms with Crippen LogP contribution < -0.4 is 0 Å². The number of rotatable bonds is 2. The molecule has 1 aromatic heterocycles. The number of amides is 2. The summed E-state index contributed by atoms with van der Waals surface area (Å²) in [5.74, 6) is -0.163. The van der Waals surface area contributed by atoms with E-state index in [4.69, 9.17) is 0 Å². The van der Waals surface area contributed by atoms with Crippen molar-refractivity contribution in [3.8, 4) is 0 Å². The fourth-order valence-corrected chi connectivity index (χ4v) is 3.73. The summed E-state index contributed by atoms with van der Waals surface area (Å²) in [7, 11) is 1.90. The zero-order valence-electron chi connectivity index (χ0n) is 11.1. The third-order valence-electron chi connectivity index (χ3n) is 4.74. The first-order valence-corrected chi connectivity index (χ1v) is 6.88. The number of imide groups is 1. The summed E-state index contributed by atoms with van der Waals surface area (Å²) in [5, 5.41) is 5.21. The molecule has 4 rings (SSSR count). The van der Waals surface area contributed by atoms with E-state index in [9.17, 15) is 9.59 Å². The van der Waals surface area contributed by atoms with Crippen LogP contribution >= 0.6 is 0 Å². The monoisotopic (exact) mass is 269 g/mol. The second kappa shape index (κ2) is 3.91. The minimum atomic E-state index is -0.178. The van der Waals surface area contributed by atoms with Crippen molar-refractivity contribution in [3.05, 3.63) is 36.2 Å². The van der Waals surface area contributed by atoms with Crippen molar-refractivity contribution in [3.63, 3.8) is 0 Å². The predicted molar refractivity (Wildman–Crippen MR) is 72.6 cm³/mol. The van der Waals surface area contributed by atoms with Gasteiger partial charge in [-0.1, -0.05) is 12.2 Å². The number of carbonyl (C=O) groups excluding carboxylic acids is 2. The van der Waals surface area contributed by atoms with Crippen molar-refractivity contribution < 1.29 is 9.59 Å². The quantitative estimate of drug-likeness (QED) is 0.459. The summed E-state index contributed by atoms with van der Waals surface area (Å²) in [6.45, 7) is 0. The van der Waals surface area contributed by atoms with E-state index in [1.807, 2.05) is 29.9 Å². The van der Waals surface area contributed by atoms with Gasteiger partial charge in [0.1, 0.15) is 0 Å². The van der Waals surface area contributed by atoms with E-state index in [1.54, 1.807) is 6.21 Å². The summed E-state index contributed by atoms with van der Waals surface area (Å²) in [6.07, 6.45) is 8.59. The normalized spacial score (nSPS) is 34.8. The molecule has 102 valence electrons. The highest BCUT2D eigenvalue weighted by Gasteiger charge is 2.59. The van der Waals surface area contributed by atoms with E-state index >= 15 is 0 Å². The molecule has 1 saturated carbocycles. The fourth-order valence-electron chi connectivity index (χ4n) is 3.73. The Morgan fingerprint density at radius 1 is 1.20 bits per heavy atom. The molecule has 2 amide bonds. The Labute approximate surface area is 116 Å². The zero-order chi connectivity index (χ0) is 13.9. The SMILES string of the molecule is Cn1cccc1C=NN1C(=O)[C@@H]2[C@H](C1=O)[C@H]1C=C[C@H]2C1. The smallest absolute Gasteiger partial charge is 0.254 e. The van der Waals surface area contributed by atoms with E-state index in [1.165, 1.54) is 0 Å². The zero-order valence-corrected chi connectivity index (χ0v) is 11.1. The second-order valence-corrected chi connectivity index (χ2v) is 5.78. The first kappa shape index (κ1) is 11.6. The molecule has 1 aliphatic heterocycles. The van der Waals surface area contributed by atoms with Crippen LogP contribution in [-0.2, 0) is 16.6 Å². The molecule has 3 aliphatic rings. The Morgan fingerprint density at radius 3 is 2.40 bits per heavy atom. The van der Waals surface area contributed by atoms with Crippen molar-refractivity contribution >= 4 is 18.0 Å². The summed E-state index contributed by atoms with van der Waals surface area (Å²) in [5.41, 5.74) is 0.865. The molecular weight excluding hydrogens is 254 g/mol. The molecule has 0 radical (unpaired) electrons. The van der Waals surface area contributed by atoms with Crippen molar-refractivity contribution in [2.24, 2.45) is 35.8 Å². The largest absolute Gasteiger partial charge is 0.350 e. The van der Waals surface area contributed by atoms with Crippen molar-refractivity contribution in [2.45, 2.75) is 6.42 Å². The van der Waals surface area contributed by atoms with Crippen molar-refractivity contribution in [1.29, 1.82) is 0 Å². The van der Waals surface area contributed by atoms with Crippen molar-refractivity contribution in [1.82, 2.24) is 9.58 Å². The third kappa shape index (κ3) is 1.40. The molecule has 5 heteroatoms. The maximum Gasteiger partial charge on any atom is 0.254 e. The standard InChI is InChI=1S/C15H15N3O2/c1-17-6-2-3-11(17)8-16-18-14(19)12-9-4-5-10(7-9)13(12)15(18)20/h2-6,8-10,12-13H,7H2,1H3/t9-,10-,12-,13+/m0/s1. The Hall–Kier alpha value is -2.17. The van der Waals surface area contributed by atoms with Crippen molar-refractivity contribution in [2.75, 3.05) is 0 Å². The van der Waals surface area contributed by atoms with Gasteiger partial charge in [0.05, 0.1) is 23.7 Å². The lowest BCUT2D eigenvalue weighted by molar-refractivity contribution is -0.140. The first-order chi connectivity index (χ1) is 9.66. The van der Waals surface area contributed by atoms with Gasteiger partial charge in [0, 0.05) is 13.2 Å². The molecule has 1 aromatic rings. The molecule has 1 saturated heterocycles. The summed E-state index contributed by atoms with van der Waals surface area (Å²) in [6, 6.07) is 3.79. The fraction of sp³-hybridized carbons (Fsp3) is 0.400. The van der Waals surface area contributed by atoms with Crippen LogP contribution in [0.2, 0.25) is 0 Å². The second-order valence-electron chi connectivity index (χ2n) is 5.78. The van der Waals surface area contributed by atoms with Crippen LogP contribution in [0.15, 0.2) is 35.6 Å². The summed E-state index contributed by atoms with van der Waals surface area (Å²) >= 11 is 0. The van der Waals surface area contributed by atoms with Gasteiger partial charge >= 0.3 is 0 Å². The molecule has 0 aromatic carbocycles. The average Bonchev–Trinajstić information content (AvgIpc) is 3.16. The lowest BCUT2D eigenvalue weighted by atomic mass is 9.85. The topological polar surface area (TPSA) is 54.7 Å². The highest BCUT2D eigenvalue weighted by molar-refractivity contribution is 6.06. The molecule has 0 spiro atoms. The van der Waals surface area contributed by atoms with Gasteiger partial charge in [0.2, 0.25) is 0 Å². The van der Waals surface area contributed by atoms with E-state index in [0.29, 0.717) is 0 Å². The van der Waals surface area contributed by atoms with Gasteiger partial charge < -0.3 is 4.57 Å². The Bertz CT molecular complexity index is 628. The molecule has 5 nitrogen and oxygen atoms in total. The number of hydrogen-bond acceptors (Lipinski definition) is 3. The number of aromatic nitrogens is 1. The molecule has 2 aliphatic carbocycles. The Morgan fingerprint density at radius 2 is 1.85 bits per heavy atom. The number of nitrogens with zero attached hydrogens (tertiary/aromatic N) is 3. The van der Waals surface area contributed by atoms with Crippen LogP contribution in [0, 0.1) is 23.7 Å². The number of carbonyl (C=O) groups is 2. The lowest BCUT2D eigenvalue weighted by Gasteiger charge is -2.13. The van der Waals surface area contributed by atoms with E-state index < -0.39 is 0 Å². The van der Waals surface area contributed by atoms with Crippen LogP contribution in [0.3, 0.4) is 0 Å². The van der Waals surface area contributed by atoms with Crippen LogP contribution in [0.4, 0.5) is 0 Å². The van der Waals surface area contributed by atoms with Crippen LogP contribution in [0.25, 0.3) is 0 Å². The molecule has 4 atom stereocenters. The van der Waals surface area contributed by atoms with Gasteiger partial charge in [0.25, 0.3) is 11.8 Å². The molecule has 2 bridgehead atoms. The molecule has 2 heterocycles. The minimum Gasteiger partial charge on any atom is -0.350 e. The highest BCUT2D eigenvalue weighted by atomic mass is 16.2. The van der Waals surface area contributed by atoms with Crippen LogP contribution in [0.1, 0.15) is 12.1 Å². The van der Waals surface area contributed by atoms with Gasteiger partial charge in [0.15, 0.2) is 0 Å². The number of aryl methyl sites for hydroxylation is 1. The molecule has 0 N–H and O–H groups in total. The summed E-state index contributed by atoms with van der Waals surface area (Å²) < 4.78 is 1.89. The number of fused-ring (bicyclic) bond motifs is 5. The molecular formula is C15H15N3O2. The summed E-state index contributed by atoms with van der Waals surface area (Å²) in [4.78, 5) is 24.8. The maximum atomic E-state index is 12.4.